The maximum absolute atomic E-state index is 11.4. The second-order valence-electron chi connectivity index (χ2n) is 3.95. The Morgan fingerprint density at radius 3 is 2.50 bits per heavy atom. The van der Waals surface area contributed by atoms with Crippen LogP contribution in [0.2, 0.25) is 0 Å². The average Bonchev–Trinajstić information content (AvgIpc) is 2.46. The van der Waals surface area contributed by atoms with Crippen LogP contribution in [0.4, 0.5) is 4.79 Å². The van der Waals surface area contributed by atoms with Crippen molar-refractivity contribution in [1.82, 2.24) is 10.6 Å². The first-order valence-corrected chi connectivity index (χ1v) is 6.63. The van der Waals surface area contributed by atoms with Gasteiger partial charge in [0.15, 0.2) is 18.2 Å². The van der Waals surface area contributed by atoms with Crippen LogP contribution in [0.1, 0.15) is 13.3 Å². The highest BCUT2D eigenvalue weighted by molar-refractivity contribution is 5.73. The molecule has 0 spiro atoms. The zero-order chi connectivity index (χ0) is 14.6. The molecule has 0 unspecified atom stereocenters. The summed E-state index contributed by atoms with van der Waals surface area (Å²) in [6.45, 7) is 3.74. The van der Waals surface area contributed by atoms with Gasteiger partial charge in [-0.15, -0.1) is 0 Å². The third-order valence-corrected chi connectivity index (χ3v) is 2.42. The van der Waals surface area contributed by atoms with Gasteiger partial charge in [0.1, 0.15) is 0 Å². The lowest BCUT2D eigenvalue weighted by atomic mass is 10.3. The summed E-state index contributed by atoms with van der Waals surface area (Å²) in [6.07, 6.45) is 0.776. The molecule has 20 heavy (non-hydrogen) atoms. The van der Waals surface area contributed by atoms with Crippen molar-refractivity contribution in [3.8, 4) is 11.5 Å². The molecular formula is C14H22N2O4. The first kappa shape index (κ1) is 16.1. The number of carbonyl (C=O) groups excluding carboxylic acids is 1. The molecule has 2 N–H and O–H groups in total. The van der Waals surface area contributed by atoms with Crippen molar-refractivity contribution in [3.63, 3.8) is 0 Å². The minimum Gasteiger partial charge on any atom is -0.490 e. The van der Waals surface area contributed by atoms with Crippen LogP contribution in [-0.4, -0.2) is 39.6 Å². The second-order valence-corrected chi connectivity index (χ2v) is 3.95. The van der Waals surface area contributed by atoms with Gasteiger partial charge in [0.05, 0.1) is 6.61 Å². The first-order chi connectivity index (χ1) is 9.77. The Hall–Kier alpha value is -1.95. The Morgan fingerprint density at radius 2 is 1.85 bits per heavy atom. The van der Waals surface area contributed by atoms with Crippen LogP contribution in [0.5, 0.6) is 11.5 Å². The quantitative estimate of drug-likeness (QED) is 0.535. The van der Waals surface area contributed by atoms with Crippen molar-refractivity contribution in [1.29, 1.82) is 0 Å². The van der Waals surface area contributed by atoms with Gasteiger partial charge in [-0.25, -0.2) is 4.79 Å². The Bertz CT molecular complexity index is 399. The van der Waals surface area contributed by atoms with Gasteiger partial charge in [-0.3, -0.25) is 0 Å². The summed E-state index contributed by atoms with van der Waals surface area (Å²) in [4.78, 5) is 11.4. The highest BCUT2D eigenvalue weighted by Crippen LogP contribution is 2.25. The number of carbonyl (C=O) groups is 1. The third-order valence-electron chi connectivity index (χ3n) is 2.42. The van der Waals surface area contributed by atoms with E-state index in [9.17, 15) is 4.79 Å². The van der Waals surface area contributed by atoms with E-state index in [0.29, 0.717) is 31.3 Å². The van der Waals surface area contributed by atoms with Gasteiger partial charge in [0.2, 0.25) is 0 Å². The number of ether oxygens (including phenoxy) is 3. The molecule has 1 aromatic carbocycles. The Morgan fingerprint density at radius 1 is 1.15 bits per heavy atom. The van der Waals surface area contributed by atoms with Crippen molar-refractivity contribution < 1.29 is 19.0 Å². The number of urea groups is 1. The van der Waals surface area contributed by atoms with Crippen LogP contribution < -0.4 is 20.1 Å². The molecule has 1 rings (SSSR count). The molecule has 1 aromatic rings. The molecule has 0 fully saturated rings. The molecule has 6 heteroatoms. The maximum atomic E-state index is 11.4. The minimum absolute atomic E-state index is 0.0835. The average molecular weight is 282 g/mol. The number of para-hydroxylation sites is 2. The van der Waals surface area contributed by atoms with Crippen molar-refractivity contribution in [2.45, 2.75) is 13.3 Å². The maximum Gasteiger partial charge on any atom is 0.317 e. The molecule has 0 saturated heterocycles. The second kappa shape index (κ2) is 9.91. The van der Waals surface area contributed by atoms with Gasteiger partial charge in [-0.05, 0) is 25.5 Å². The summed E-state index contributed by atoms with van der Waals surface area (Å²) in [5.74, 6) is 1.27. The molecule has 2 amide bonds. The number of rotatable bonds is 9. The predicted octanol–water partition coefficient (Wildman–Crippen LogP) is 1.76. The molecule has 0 heterocycles. The van der Waals surface area contributed by atoms with E-state index < -0.39 is 0 Å². The molecule has 0 bridgehead atoms. The van der Waals surface area contributed by atoms with Gasteiger partial charge in [0, 0.05) is 20.3 Å². The lowest BCUT2D eigenvalue weighted by Crippen LogP contribution is -2.38. The molecule has 0 aromatic heterocycles. The Kier molecular flexibility index (Phi) is 7.98. The van der Waals surface area contributed by atoms with Crippen LogP contribution in [0.15, 0.2) is 24.3 Å². The van der Waals surface area contributed by atoms with Gasteiger partial charge < -0.3 is 24.8 Å². The largest absolute Gasteiger partial charge is 0.490 e. The normalized spacial score (nSPS) is 9.90. The zero-order valence-corrected chi connectivity index (χ0v) is 12.0. The predicted molar refractivity (Wildman–Crippen MR) is 76.1 cm³/mol. The number of hydrogen-bond acceptors (Lipinski definition) is 4. The fourth-order valence-corrected chi connectivity index (χ4v) is 1.50. The van der Waals surface area contributed by atoms with E-state index in [-0.39, 0.29) is 12.8 Å². The van der Waals surface area contributed by atoms with Crippen LogP contribution >= 0.6 is 0 Å². The molecule has 0 aliphatic heterocycles. The summed E-state index contributed by atoms with van der Waals surface area (Å²) >= 11 is 0. The van der Waals surface area contributed by atoms with Crippen LogP contribution in [0, 0.1) is 0 Å². The lowest BCUT2D eigenvalue weighted by Gasteiger charge is -2.12. The summed E-state index contributed by atoms with van der Waals surface area (Å²) in [7, 11) is 1.63. The van der Waals surface area contributed by atoms with Gasteiger partial charge in [-0.2, -0.15) is 0 Å². The van der Waals surface area contributed by atoms with E-state index >= 15 is 0 Å². The molecule has 112 valence electrons. The molecule has 0 atom stereocenters. The van der Waals surface area contributed by atoms with Crippen LogP contribution in [-0.2, 0) is 4.74 Å². The zero-order valence-electron chi connectivity index (χ0n) is 12.0. The lowest BCUT2D eigenvalue weighted by molar-refractivity contribution is 0.192. The molecule has 0 aliphatic rings. The number of benzene rings is 1. The number of amides is 2. The number of methoxy groups -OCH3 is 1. The molecule has 0 aliphatic carbocycles. The fourth-order valence-electron chi connectivity index (χ4n) is 1.50. The summed E-state index contributed by atoms with van der Waals surface area (Å²) in [6, 6.07) is 7.07. The van der Waals surface area contributed by atoms with Crippen molar-refractivity contribution >= 4 is 6.03 Å². The Balaban J connectivity index is 2.24. The molecular weight excluding hydrogens is 260 g/mol. The van der Waals surface area contributed by atoms with E-state index in [2.05, 4.69) is 10.6 Å². The summed E-state index contributed by atoms with van der Waals surface area (Å²) in [5, 5.41) is 5.31. The highest BCUT2D eigenvalue weighted by atomic mass is 16.5. The Labute approximate surface area is 119 Å². The highest BCUT2D eigenvalue weighted by Gasteiger charge is 2.04. The van der Waals surface area contributed by atoms with E-state index in [1.807, 2.05) is 25.1 Å². The SMILES string of the molecule is CCOc1ccccc1OCNC(=O)NCCCOC. The first-order valence-electron chi connectivity index (χ1n) is 6.63. The standard InChI is InChI=1S/C14H22N2O4/c1-3-19-12-7-4-5-8-13(12)20-11-16-14(17)15-9-6-10-18-2/h4-5,7-8H,3,6,9-11H2,1-2H3,(H2,15,16,17). The van der Waals surface area contributed by atoms with Gasteiger partial charge in [0.25, 0.3) is 0 Å². The van der Waals surface area contributed by atoms with Crippen molar-refractivity contribution in [2.24, 2.45) is 0 Å². The molecule has 0 radical (unpaired) electrons. The van der Waals surface area contributed by atoms with E-state index in [1.165, 1.54) is 0 Å². The van der Waals surface area contributed by atoms with E-state index in [0.717, 1.165) is 6.42 Å². The smallest absolute Gasteiger partial charge is 0.317 e. The summed E-state index contributed by atoms with van der Waals surface area (Å²) < 4.78 is 15.8. The van der Waals surface area contributed by atoms with Gasteiger partial charge in [-0.1, -0.05) is 12.1 Å². The number of nitrogens with one attached hydrogen (secondary N) is 2. The van der Waals surface area contributed by atoms with Crippen molar-refractivity contribution in [2.75, 3.05) is 33.6 Å². The van der Waals surface area contributed by atoms with Crippen molar-refractivity contribution in [3.05, 3.63) is 24.3 Å². The van der Waals surface area contributed by atoms with Crippen LogP contribution in [0.3, 0.4) is 0 Å². The topological polar surface area (TPSA) is 68.8 Å². The minimum atomic E-state index is -0.269. The molecule has 6 nitrogen and oxygen atoms in total. The van der Waals surface area contributed by atoms with E-state index in [1.54, 1.807) is 13.2 Å². The fraction of sp³-hybridized carbons (Fsp3) is 0.500. The monoisotopic (exact) mass is 282 g/mol. The van der Waals surface area contributed by atoms with Gasteiger partial charge >= 0.3 is 6.03 Å². The third kappa shape index (κ3) is 6.29. The van der Waals surface area contributed by atoms with Crippen LogP contribution in [0.25, 0.3) is 0 Å². The molecule has 0 saturated carbocycles. The van der Waals surface area contributed by atoms with E-state index in [4.69, 9.17) is 14.2 Å². The summed E-state index contributed by atoms with van der Waals surface area (Å²) in [5.41, 5.74) is 0. The number of hydrogen-bond donors (Lipinski definition) is 2.